The highest BCUT2D eigenvalue weighted by molar-refractivity contribution is 4.85. The average Bonchev–Trinajstić information content (AvgIpc) is 0.876. The monoisotopic (exact) mass is 2030 g/mol. The molecule has 0 aromatic rings. The molecule has 0 amide bonds. The number of nitrogens with two attached hydrogens (primary N) is 4. The minimum atomic E-state index is 0. The van der Waals surface area contributed by atoms with E-state index in [9.17, 15) is 0 Å². The van der Waals surface area contributed by atoms with Crippen molar-refractivity contribution in [3.05, 3.63) is 0 Å². The van der Waals surface area contributed by atoms with Gasteiger partial charge in [0, 0.05) is 30.8 Å². The van der Waals surface area contributed by atoms with Gasteiger partial charge in [0.2, 0.25) is 0 Å². The van der Waals surface area contributed by atoms with Gasteiger partial charge in [0.15, 0.2) is 0 Å². The molecule has 142 heavy (non-hydrogen) atoms. The third kappa shape index (κ3) is 105. The zero-order chi connectivity index (χ0) is 118. The second-order valence-electron chi connectivity index (χ2n) is 63.0. The quantitative estimate of drug-likeness (QED) is 0.0700. The smallest absolute Gasteiger partial charge is 0.0580 e. The van der Waals surface area contributed by atoms with Gasteiger partial charge in [-0.1, -0.05) is 471 Å². The average molecular weight is 2040 g/mol. The van der Waals surface area contributed by atoms with E-state index in [0.717, 1.165) is 72.2 Å². The van der Waals surface area contributed by atoms with Crippen LogP contribution in [0.5, 0.6) is 0 Å². The Morgan fingerprint density at radius 1 is 0.148 bits per heavy atom. The second kappa shape index (κ2) is 78.7. The molecule has 8 N–H and O–H groups in total. The SMILES string of the molecule is C.CC(C)O[C@@H](C)[C@@H](C)C(C)(C)C.CC(C)O[C@@H](C)[C@H](C)C(C)(C)C.CC(C)O[C@H](C)[C@@H](C)C(C)(C)C.CC(C)O[C@H](C)[C@H](C)C(C)(C)C.CC(C)[C@@H](C)C(C)(C)C.CC(C)[C@@H](C)C(C)(C)C.CC(C)[C@H](C)C(C)(C)C.CC(C)[C@H](C)C(C)(C)C.CC(C)[C@H](C)C(C)(C)C.CCCO[C@H](C)[C@@H](C)C(C)(C)C.C[C@@H](N)[C@H](C)C(C)(C)C.C[C@H](N)[C@@H](C)C(C)(C)C.C[C@H](N)[C@H](C)C(C)(C)C.C[C@H]([C@@H](C)N)C(C)(C)C. The zero-order valence-electron chi connectivity index (χ0n) is 115. The molecule has 0 aliphatic heterocycles. The van der Waals surface area contributed by atoms with E-state index < -0.39 is 0 Å². The Hall–Kier alpha value is -0.360. The molecule has 9 heteroatoms. The molecule has 0 bridgehead atoms. The number of hydrogen-bond donors (Lipinski definition) is 4. The maximum atomic E-state index is 5.74. The zero-order valence-corrected chi connectivity index (χ0v) is 115. The van der Waals surface area contributed by atoms with Crippen LogP contribution in [-0.2, 0) is 23.7 Å². The Morgan fingerprint density at radius 3 is 0.289 bits per heavy atom. The van der Waals surface area contributed by atoms with Crippen LogP contribution in [0, 0.1) is 188 Å². The maximum Gasteiger partial charge on any atom is 0.0580 e. The molecule has 0 heterocycles. The van der Waals surface area contributed by atoms with E-state index >= 15 is 0 Å². The summed E-state index contributed by atoms with van der Waals surface area (Å²) < 4.78 is 28.6. The fourth-order valence-corrected chi connectivity index (χ4v) is 14.3. The Balaban J connectivity index is -0.0000000942. The summed E-state index contributed by atoms with van der Waals surface area (Å²) in [5.74, 6) is 13.5. The molecular weight excluding hydrogens is 1730 g/mol. The van der Waals surface area contributed by atoms with E-state index in [1.165, 1.54) is 0 Å². The van der Waals surface area contributed by atoms with Crippen molar-refractivity contribution in [1.82, 2.24) is 0 Å². The topological polar surface area (TPSA) is 150 Å². The van der Waals surface area contributed by atoms with E-state index in [0.29, 0.717) is 208 Å². The van der Waals surface area contributed by atoms with E-state index in [4.69, 9.17) is 46.6 Å². The normalized spacial score (nSPS) is 17.6. The largest absolute Gasteiger partial charge is 0.378 e. The Bertz CT molecular complexity index is 2250. The highest BCUT2D eigenvalue weighted by Gasteiger charge is 2.34. The van der Waals surface area contributed by atoms with Crippen LogP contribution in [0.4, 0.5) is 0 Å². The fraction of sp³-hybridized carbons (Fsp3) is 1.00. The molecule has 0 rings (SSSR count). The summed E-state index contributed by atoms with van der Waals surface area (Å²) in [5, 5.41) is 0. The summed E-state index contributed by atoms with van der Waals surface area (Å²) in [6.07, 6.45) is 4.25. The molecule has 0 aromatic carbocycles. The van der Waals surface area contributed by atoms with Crippen LogP contribution in [0.3, 0.4) is 0 Å². The highest BCUT2D eigenvalue weighted by Crippen LogP contribution is 2.40. The molecule has 0 fully saturated rings. The summed E-state index contributed by atoms with van der Waals surface area (Å²) >= 11 is 0. The maximum absolute atomic E-state index is 5.74. The molecule has 0 saturated carbocycles. The number of hydrogen-bond acceptors (Lipinski definition) is 9. The minimum absolute atomic E-state index is 0. The summed E-state index contributed by atoms with van der Waals surface area (Å²) in [6, 6.07) is 1.24. The van der Waals surface area contributed by atoms with Gasteiger partial charge in [0.1, 0.15) is 0 Å². The van der Waals surface area contributed by atoms with Crippen molar-refractivity contribution >= 4 is 0 Å². The summed E-state index contributed by atoms with van der Waals surface area (Å²) in [7, 11) is 0. The molecule has 0 radical (unpaired) electrons. The van der Waals surface area contributed by atoms with Crippen molar-refractivity contribution in [2.45, 2.75) is 675 Å². The van der Waals surface area contributed by atoms with Gasteiger partial charge in [0.25, 0.3) is 0 Å². The van der Waals surface area contributed by atoms with Gasteiger partial charge < -0.3 is 46.6 Å². The molecule has 0 aliphatic carbocycles. The molecular formula is C133H300N4O5. The minimum Gasteiger partial charge on any atom is -0.378 e. The second-order valence-corrected chi connectivity index (χ2v) is 63.0. The van der Waals surface area contributed by atoms with Crippen LogP contribution in [0.15, 0.2) is 0 Å². The van der Waals surface area contributed by atoms with Gasteiger partial charge in [-0.25, -0.2) is 0 Å². The van der Waals surface area contributed by atoms with Crippen molar-refractivity contribution in [2.24, 2.45) is 211 Å². The molecule has 0 spiro atoms. The lowest BCUT2D eigenvalue weighted by molar-refractivity contribution is -0.0386. The molecule has 0 aliphatic rings. The Morgan fingerprint density at radius 2 is 0.239 bits per heavy atom. The van der Waals surface area contributed by atoms with Crippen molar-refractivity contribution in [3.63, 3.8) is 0 Å². The predicted molar refractivity (Wildman–Crippen MR) is 665 cm³/mol. The molecule has 882 valence electrons. The lowest BCUT2D eigenvalue weighted by atomic mass is 9.76. The van der Waals surface area contributed by atoms with Crippen molar-refractivity contribution in [2.75, 3.05) is 6.61 Å². The first-order chi connectivity index (χ1) is 61.1. The number of ether oxygens (including phenoxy) is 5. The molecule has 0 saturated heterocycles. The van der Waals surface area contributed by atoms with Crippen LogP contribution >= 0.6 is 0 Å². The van der Waals surface area contributed by atoms with Gasteiger partial charge in [0.05, 0.1) is 54.9 Å². The lowest BCUT2D eigenvalue weighted by Crippen LogP contribution is -2.33. The fourth-order valence-electron chi connectivity index (χ4n) is 14.3. The summed E-state index contributed by atoms with van der Waals surface area (Å²) in [6.45, 7) is 189. The van der Waals surface area contributed by atoms with Crippen molar-refractivity contribution < 1.29 is 23.7 Å². The lowest BCUT2D eigenvalue weighted by Gasteiger charge is -2.33. The molecule has 0 unspecified atom stereocenters. The van der Waals surface area contributed by atoms with E-state index in [1.54, 1.807) is 0 Å². The molecule has 0 aromatic heterocycles. The third-order valence-corrected chi connectivity index (χ3v) is 33.3. The first-order valence-electron chi connectivity index (χ1n) is 58.3. The van der Waals surface area contributed by atoms with Crippen LogP contribution in [0.2, 0.25) is 0 Å². The first kappa shape index (κ1) is 175. The van der Waals surface area contributed by atoms with Crippen molar-refractivity contribution in [3.8, 4) is 0 Å². The predicted octanol–water partition coefficient (Wildman–Crippen LogP) is 42.7. The molecule has 23 atom stereocenters. The van der Waals surface area contributed by atoms with E-state index in [2.05, 4.69) is 582 Å². The van der Waals surface area contributed by atoms with Gasteiger partial charge in [-0.15, -0.1) is 0 Å². The van der Waals surface area contributed by atoms with Crippen LogP contribution in [0.25, 0.3) is 0 Å². The van der Waals surface area contributed by atoms with Gasteiger partial charge >= 0.3 is 0 Å². The Labute approximate surface area is 910 Å². The van der Waals surface area contributed by atoms with Gasteiger partial charge in [-0.05, 0) is 312 Å². The van der Waals surface area contributed by atoms with Crippen molar-refractivity contribution in [1.29, 1.82) is 0 Å². The van der Waals surface area contributed by atoms with Gasteiger partial charge in [-0.2, -0.15) is 0 Å². The summed E-state index contributed by atoms with van der Waals surface area (Å²) in [4.78, 5) is 0. The number of rotatable bonds is 25. The molecule has 9 nitrogen and oxygen atoms in total. The first-order valence-corrected chi connectivity index (χ1v) is 58.3. The van der Waals surface area contributed by atoms with E-state index in [1.807, 2.05) is 0 Å². The van der Waals surface area contributed by atoms with Crippen LogP contribution in [-0.4, -0.2) is 85.7 Å². The van der Waals surface area contributed by atoms with E-state index in [-0.39, 0.29) is 7.43 Å². The third-order valence-electron chi connectivity index (χ3n) is 33.3. The standard InChI is InChI=1S/5C11H24O.5C9H20.4C8H19N.CH4/c4*1-8(2)12-10(4)9(3)11(5,6)7;1-7-8-12-10(3)9(2)11(4,5)6;5*1-7(2)8(3)9(4,5)6;4*1-6(7(2)9)8(3,4)5;/h4*8-10H,1-7H3;9-10H,7-8H2,1-6H3;5*7-8H,1-6H3;4*6-7H,9H2,1-5H3;1H4/t2*9-,10+;3*9-,10-;5*8-;2*6-,7+;2*6-,7-;/m10101110001010./s1. The van der Waals surface area contributed by atoms with Crippen LogP contribution in [0.1, 0.15) is 595 Å². The summed E-state index contributed by atoms with van der Waals surface area (Å²) in [5.41, 5.74) is 28.4. The van der Waals surface area contributed by atoms with Gasteiger partial charge in [-0.3, -0.25) is 0 Å². The highest BCUT2D eigenvalue weighted by atomic mass is 16.5. The van der Waals surface area contributed by atoms with Crippen LogP contribution < -0.4 is 22.9 Å². The Kier molecular flexibility index (Phi) is 96.8.